The van der Waals surface area contributed by atoms with Crippen LogP contribution in [0.15, 0.2) is 53.7 Å². The topological polar surface area (TPSA) is 67.2 Å². The van der Waals surface area contributed by atoms with E-state index in [0.29, 0.717) is 29.2 Å². The first-order valence-corrected chi connectivity index (χ1v) is 10.1. The molecule has 1 aromatic heterocycles. The normalized spacial score (nSPS) is 13.9. The molecule has 4 rings (SSSR count). The molecule has 0 radical (unpaired) electrons. The van der Waals surface area contributed by atoms with Gasteiger partial charge in [-0.3, -0.25) is 0 Å². The van der Waals surface area contributed by atoms with E-state index in [1.54, 1.807) is 12.4 Å². The van der Waals surface area contributed by atoms with Crippen LogP contribution in [0.1, 0.15) is 11.3 Å². The van der Waals surface area contributed by atoms with E-state index in [4.69, 9.17) is 0 Å². The highest BCUT2D eigenvalue weighted by Crippen LogP contribution is 2.43. The maximum absolute atomic E-state index is 12.9. The van der Waals surface area contributed by atoms with Crippen molar-refractivity contribution in [2.45, 2.75) is 17.6 Å². The number of nitrogens with one attached hydrogen (secondary N) is 1. The van der Waals surface area contributed by atoms with Gasteiger partial charge in [-0.2, -0.15) is 13.2 Å². The first kappa shape index (κ1) is 19.5. The Morgan fingerprint density at radius 3 is 2.41 bits per heavy atom. The summed E-state index contributed by atoms with van der Waals surface area (Å²) in [4.78, 5) is 6.32. The first-order chi connectivity index (χ1) is 13.6. The molecule has 2 aromatic carbocycles. The standard InChI is InChI=1S/C19H17F3N4O2S/c1-23-29(27,28)14-7-8-16-15(9-14)18-17(25(2)11-24-18)10-26(16)13-5-3-12(4-6-13)19(20,21)22/h3-9,11,23H,10H2,1-2H3. The van der Waals surface area contributed by atoms with Crippen molar-refractivity contribution < 1.29 is 21.6 Å². The van der Waals surface area contributed by atoms with Gasteiger partial charge in [0.05, 0.1) is 40.4 Å². The predicted molar refractivity (Wildman–Crippen MR) is 102 cm³/mol. The van der Waals surface area contributed by atoms with E-state index in [1.165, 1.54) is 31.3 Å². The van der Waals surface area contributed by atoms with Gasteiger partial charge >= 0.3 is 6.18 Å². The summed E-state index contributed by atoms with van der Waals surface area (Å²) in [7, 11) is -0.515. The number of fused-ring (bicyclic) bond motifs is 3. The van der Waals surface area contributed by atoms with Crippen molar-refractivity contribution in [2.75, 3.05) is 11.9 Å². The summed E-state index contributed by atoms with van der Waals surface area (Å²) in [5.74, 6) is 0. The highest BCUT2D eigenvalue weighted by atomic mass is 32.2. The Balaban J connectivity index is 1.86. The molecule has 0 spiro atoms. The first-order valence-electron chi connectivity index (χ1n) is 8.65. The Morgan fingerprint density at radius 2 is 1.79 bits per heavy atom. The molecule has 29 heavy (non-hydrogen) atoms. The SMILES string of the molecule is CNS(=O)(=O)c1ccc2c(c1)-c1ncn(C)c1CN2c1ccc(C(F)(F)F)cc1. The van der Waals surface area contributed by atoms with Crippen molar-refractivity contribution in [1.29, 1.82) is 0 Å². The monoisotopic (exact) mass is 422 g/mol. The third-order valence-corrected chi connectivity index (χ3v) is 6.38. The van der Waals surface area contributed by atoms with Gasteiger partial charge in [-0.15, -0.1) is 0 Å². The Bertz CT molecular complexity index is 1190. The highest BCUT2D eigenvalue weighted by Gasteiger charge is 2.32. The van der Waals surface area contributed by atoms with Crippen LogP contribution in [0.3, 0.4) is 0 Å². The second-order valence-electron chi connectivity index (χ2n) is 6.67. The molecule has 0 aliphatic carbocycles. The van der Waals surface area contributed by atoms with Gasteiger partial charge in [0, 0.05) is 18.3 Å². The van der Waals surface area contributed by atoms with Crippen LogP contribution >= 0.6 is 0 Å². The number of sulfonamides is 1. The van der Waals surface area contributed by atoms with Crippen molar-refractivity contribution in [3.8, 4) is 11.3 Å². The molecule has 1 aliphatic heterocycles. The minimum absolute atomic E-state index is 0.0876. The molecule has 0 amide bonds. The molecular weight excluding hydrogens is 405 g/mol. The summed E-state index contributed by atoms with van der Waals surface area (Å²) >= 11 is 0. The summed E-state index contributed by atoms with van der Waals surface area (Å²) in [6.07, 6.45) is -2.78. The lowest BCUT2D eigenvalue weighted by molar-refractivity contribution is -0.137. The number of benzene rings is 2. The molecule has 0 saturated heterocycles. The number of aromatic nitrogens is 2. The second kappa shape index (κ2) is 6.60. The Hall–Kier alpha value is -2.85. The van der Waals surface area contributed by atoms with Gasteiger partial charge in [-0.05, 0) is 49.5 Å². The number of nitrogens with zero attached hydrogens (tertiary/aromatic N) is 3. The predicted octanol–water partition coefficient (Wildman–Crippen LogP) is 3.67. The van der Waals surface area contributed by atoms with Crippen molar-refractivity contribution in [3.05, 3.63) is 60.0 Å². The molecule has 0 bridgehead atoms. The van der Waals surface area contributed by atoms with Gasteiger partial charge in [0.1, 0.15) is 0 Å². The number of hydrogen-bond donors (Lipinski definition) is 1. The molecule has 1 aliphatic rings. The number of aryl methyl sites for hydroxylation is 1. The minimum atomic E-state index is -4.41. The van der Waals surface area contributed by atoms with Gasteiger partial charge in [-0.25, -0.2) is 18.1 Å². The summed E-state index contributed by atoms with van der Waals surface area (Å²) in [5, 5.41) is 0. The molecule has 0 atom stereocenters. The average molecular weight is 422 g/mol. The summed E-state index contributed by atoms with van der Waals surface area (Å²) < 4.78 is 67.3. The van der Waals surface area contributed by atoms with E-state index < -0.39 is 21.8 Å². The van der Waals surface area contributed by atoms with E-state index in [9.17, 15) is 21.6 Å². The highest BCUT2D eigenvalue weighted by molar-refractivity contribution is 7.89. The van der Waals surface area contributed by atoms with Crippen LogP contribution < -0.4 is 9.62 Å². The van der Waals surface area contributed by atoms with Gasteiger partial charge in [0.2, 0.25) is 10.0 Å². The van der Waals surface area contributed by atoms with Gasteiger partial charge in [-0.1, -0.05) is 0 Å². The van der Waals surface area contributed by atoms with E-state index in [1.807, 2.05) is 16.5 Å². The fraction of sp³-hybridized carbons (Fsp3) is 0.211. The zero-order chi connectivity index (χ0) is 21.0. The Labute approximate surface area is 165 Å². The molecule has 152 valence electrons. The molecule has 10 heteroatoms. The van der Waals surface area contributed by atoms with E-state index in [-0.39, 0.29) is 4.90 Å². The van der Waals surface area contributed by atoms with E-state index in [0.717, 1.165) is 17.8 Å². The summed E-state index contributed by atoms with van der Waals surface area (Å²) in [6.45, 7) is 0.391. The maximum atomic E-state index is 12.9. The van der Waals surface area contributed by atoms with Crippen molar-refractivity contribution in [2.24, 2.45) is 7.05 Å². The molecule has 0 fully saturated rings. The zero-order valence-corrected chi connectivity index (χ0v) is 16.3. The summed E-state index contributed by atoms with van der Waals surface area (Å²) in [5.41, 5.74) is 2.59. The maximum Gasteiger partial charge on any atom is 0.416 e. The molecular formula is C19H17F3N4O2S. The van der Waals surface area contributed by atoms with Crippen LogP contribution in [-0.2, 0) is 29.8 Å². The van der Waals surface area contributed by atoms with Crippen LogP contribution in [-0.4, -0.2) is 25.0 Å². The molecule has 2 heterocycles. The zero-order valence-electron chi connectivity index (χ0n) is 15.5. The number of anilines is 2. The number of hydrogen-bond acceptors (Lipinski definition) is 4. The second-order valence-corrected chi connectivity index (χ2v) is 8.55. The van der Waals surface area contributed by atoms with E-state index in [2.05, 4.69) is 9.71 Å². The third-order valence-electron chi connectivity index (χ3n) is 4.97. The van der Waals surface area contributed by atoms with Crippen LogP contribution in [0.25, 0.3) is 11.3 Å². The van der Waals surface area contributed by atoms with Crippen molar-refractivity contribution in [3.63, 3.8) is 0 Å². The largest absolute Gasteiger partial charge is 0.416 e. The van der Waals surface area contributed by atoms with Gasteiger partial charge in [0.15, 0.2) is 0 Å². The van der Waals surface area contributed by atoms with Gasteiger partial charge < -0.3 is 9.47 Å². The lowest BCUT2D eigenvalue weighted by Crippen LogP contribution is -2.24. The lowest BCUT2D eigenvalue weighted by Gasteiger charge is -2.32. The fourth-order valence-electron chi connectivity index (χ4n) is 3.39. The van der Waals surface area contributed by atoms with Crippen molar-refractivity contribution >= 4 is 21.4 Å². The van der Waals surface area contributed by atoms with Crippen LogP contribution in [0.5, 0.6) is 0 Å². The van der Waals surface area contributed by atoms with Crippen LogP contribution in [0.2, 0.25) is 0 Å². The smallest absolute Gasteiger partial charge is 0.336 e. The molecule has 1 N–H and O–H groups in total. The minimum Gasteiger partial charge on any atom is -0.336 e. The quantitative estimate of drug-likeness (QED) is 0.700. The third kappa shape index (κ3) is 3.28. The van der Waals surface area contributed by atoms with Crippen LogP contribution in [0.4, 0.5) is 24.5 Å². The average Bonchev–Trinajstić information content (AvgIpc) is 3.07. The summed E-state index contributed by atoms with van der Waals surface area (Å²) in [6, 6.07) is 9.54. The molecule has 0 saturated carbocycles. The molecule has 3 aromatic rings. The lowest BCUT2D eigenvalue weighted by atomic mass is 10.0. The number of halogens is 3. The Morgan fingerprint density at radius 1 is 1.10 bits per heavy atom. The van der Waals surface area contributed by atoms with E-state index >= 15 is 0 Å². The van der Waals surface area contributed by atoms with Gasteiger partial charge in [0.25, 0.3) is 0 Å². The number of alkyl halides is 3. The number of rotatable bonds is 3. The Kier molecular flexibility index (Phi) is 4.43. The fourth-order valence-corrected chi connectivity index (χ4v) is 4.14. The molecule has 0 unspecified atom stereocenters. The molecule has 6 nitrogen and oxygen atoms in total. The van der Waals surface area contributed by atoms with Crippen molar-refractivity contribution in [1.82, 2.24) is 14.3 Å². The number of imidazole rings is 1. The van der Waals surface area contributed by atoms with Crippen LogP contribution in [0, 0.1) is 0 Å².